The van der Waals surface area contributed by atoms with Crippen LogP contribution in [0, 0.1) is 0 Å². The first-order valence-electron chi connectivity index (χ1n) is 10.4. The number of halogens is 3. The zero-order valence-corrected chi connectivity index (χ0v) is 21.6. The molecule has 0 spiro atoms. The van der Waals surface area contributed by atoms with Gasteiger partial charge in [-0.1, -0.05) is 23.2 Å². The maximum Gasteiger partial charge on any atom is 0.322 e. The molecule has 0 unspecified atom stereocenters. The van der Waals surface area contributed by atoms with Gasteiger partial charge >= 0.3 is 6.01 Å². The molecule has 10 nitrogen and oxygen atoms in total. The molecule has 2 aromatic carbocycles. The number of anilines is 3. The number of aromatic nitrogens is 3. The fourth-order valence-electron chi connectivity index (χ4n) is 2.94. The second-order valence-corrected chi connectivity index (χ2v) is 8.16. The van der Waals surface area contributed by atoms with E-state index in [0.29, 0.717) is 53.4 Å². The lowest BCUT2D eigenvalue weighted by Crippen LogP contribution is -2.30. The first-order chi connectivity index (χ1) is 16.9. The summed E-state index contributed by atoms with van der Waals surface area (Å²) in [6, 6.07) is 10.7. The molecule has 3 aromatic rings. The normalized spacial score (nSPS) is 11.1. The maximum atomic E-state index is 6.10. The molecule has 1 N–H and O–H groups in total. The summed E-state index contributed by atoms with van der Waals surface area (Å²) in [4.78, 5) is 14.4. The van der Waals surface area contributed by atoms with Crippen LogP contribution in [-0.2, 0) is 9.47 Å². The minimum atomic E-state index is -0.0173. The lowest BCUT2D eigenvalue weighted by molar-refractivity contribution is 0.190. The predicted molar refractivity (Wildman–Crippen MR) is 138 cm³/mol. The molecule has 0 aliphatic carbocycles. The second kappa shape index (κ2) is 13.4. The van der Waals surface area contributed by atoms with Crippen LogP contribution in [0.1, 0.15) is 0 Å². The number of benzene rings is 2. The number of hydrogen-bond donors (Lipinski definition) is 1. The average molecular weight is 541 g/mol. The number of ether oxygens (including phenoxy) is 3. The average Bonchev–Trinajstić information content (AvgIpc) is 2.85. The first kappa shape index (κ1) is 26.8. The van der Waals surface area contributed by atoms with Crippen LogP contribution < -0.4 is 15.0 Å². The Morgan fingerprint density at radius 2 is 1.60 bits per heavy atom. The molecule has 1 heterocycles. The number of nitrogens with one attached hydrogen (secondary N) is 1. The summed E-state index contributed by atoms with van der Waals surface area (Å²) in [6.45, 7) is 2.42. The molecule has 0 amide bonds. The van der Waals surface area contributed by atoms with Crippen LogP contribution in [0.5, 0.6) is 6.01 Å². The maximum absolute atomic E-state index is 6.10. The molecule has 0 fully saturated rings. The molecule has 3 rings (SSSR count). The van der Waals surface area contributed by atoms with Crippen LogP contribution in [0.25, 0.3) is 0 Å². The van der Waals surface area contributed by atoms with Gasteiger partial charge in [0.25, 0.3) is 0 Å². The van der Waals surface area contributed by atoms with Gasteiger partial charge in [0.15, 0.2) is 0 Å². The van der Waals surface area contributed by atoms with Crippen LogP contribution in [-0.4, -0.2) is 62.6 Å². The molecule has 0 saturated carbocycles. The van der Waals surface area contributed by atoms with Crippen molar-refractivity contribution in [2.75, 3.05) is 57.8 Å². The quantitative estimate of drug-likeness (QED) is 0.275. The van der Waals surface area contributed by atoms with Crippen molar-refractivity contribution in [1.29, 1.82) is 0 Å². The summed E-state index contributed by atoms with van der Waals surface area (Å²) in [7, 11) is 4.76. The van der Waals surface area contributed by atoms with Gasteiger partial charge in [-0.05, 0) is 48.0 Å². The predicted octanol–water partition coefficient (Wildman–Crippen LogP) is 6.10. The Balaban J connectivity index is 2.00. The van der Waals surface area contributed by atoms with E-state index in [0.717, 1.165) is 5.69 Å². The van der Waals surface area contributed by atoms with E-state index in [-0.39, 0.29) is 17.2 Å². The summed E-state index contributed by atoms with van der Waals surface area (Å²) in [5, 5.41) is 12.6. The number of hydrogen-bond acceptors (Lipinski definition) is 10. The Labute approximate surface area is 218 Å². The monoisotopic (exact) mass is 539 g/mol. The van der Waals surface area contributed by atoms with Crippen molar-refractivity contribution in [3.63, 3.8) is 0 Å². The van der Waals surface area contributed by atoms with Crippen molar-refractivity contribution in [2.24, 2.45) is 10.2 Å². The highest BCUT2D eigenvalue weighted by Gasteiger charge is 2.13. The highest BCUT2D eigenvalue weighted by atomic mass is 35.5. The van der Waals surface area contributed by atoms with Gasteiger partial charge < -0.3 is 24.4 Å². The molecule has 1 aromatic heterocycles. The minimum absolute atomic E-state index is 0.0173. The van der Waals surface area contributed by atoms with Crippen molar-refractivity contribution in [3.8, 4) is 6.01 Å². The summed E-state index contributed by atoms with van der Waals surface area (Å²) < 4.78 is 15.6. The largest absolute Gasteiger partial charge is 0.467 e. The third-order valence-electron chi connectivity index (χ3n) is 4.67. The van der Waals surface area contributed by atoms with E-state index in [1.54, 1.807) is 32.4 Å². The van der Waals surface area contributed by atoms with Gasteiger partial charge in [0.05, 0.1) is 41.7 Å². The summed E-state index contributed by atoms with van der Waals surface area (Å²) in [6.07, 6.45) is 0. The zero-order valence-electron chi connectivity index (χ0n) is 19.3. The molecule has 0 radical (unpaired) electrons. The standard InChI is InChI=1S/C22H24Cl3N7O3/c1-33-10-8-32(9-11-34-2)15-5-7-18(31-30-14-4-6-16(23)17(24)12-14)19(13-15)26-21-27-20(25)28-22(29-21)35-3/h4-7,12-13H,8-11H2,1-3H3,(H,26,27,28,29)/b31-30+. The Bertz CT molecular complexity index is 1160. The number of rotatable bonds is 12. The summed E-state index contributed by atoms with van der Waals surface area (Å²) >= 11 is 18.1. The lowest BCUT2D eigenvalue weighted by Gasteiger charge is -2.25. The van der Waals surface area contributed by atoms with Gasteiger partial charge in [-0.2, -0.15) is 20.1 Å². The van der Waals surface area contributed by atoms with E-state index in [1.165, 1.54) is 7.11 Å². The molecule has 13 heteroatoms. The molecular weight excluding hydrogens is 517 g/mol. The first-order valence-corrected chi connectivity index (χ1v) is 11.5. The van der Waals surface area contributed by atoms with Crippen molar-refractivity contribution in [3.05, 3.63) is 51.7 Å². The topological polar surface area (TPSA) is 106 Å². The van der Waals surface area contributed by atoms with Crippen molar-refractivity contribution < 1.29 is 14.2 Å². The number of azo groups is 1. The summed E-state index contributed by atoms with van der Waals surface area (Å²) in [5.74, 6) is 0.185. The van der Waals surface area contributed by atoms with Gasteiger partial charge in [-0.15, -0.1) is 5.11 Å². The van der Waals surface area contributed by atoms with E-state index in [4.69, 9.17) is 49.0 Å². The lowest BCUT2D eigenvalue weighted by atomic mass is 10.2. The molecule has 0 saturated heterocycles. The number of methoxy groups -OCH3 is 3. The molecule has 0 atom stereocenters. The highest BCUT2D eigenvalue weighted by molar-refractivity contribution is 6.42. The Kier molecular flexibility index (Phi) is 10.2. The van der Waals surface area contributed by atoms with Crippen LogP contribution in [0.2, 0.25) is 15.3 Å². The molecule has 0 bridgehead atoms. The zero-order chi connectivity index (χ0) is 25.2. The third kappa shape index (κ3) is 7.87. The van der Waals surface area contributed by atoms with E-state index < -0.39 is 0 Å². The van der Waals surface area contributed by atoms with Gasteiger partial charge in [-0.3, -0.25) is 0 Å². The van der Waals surface area contributed by atoms with E-state index in [1.807, 2.05) is 18.2 Å². The van der Waals surface area contributed by atoms with Crippen LogP contribution in [0.15, 0.2) is 46.6 Å². The smallest absolute Gasteiger partial charge is 0.322 e. The van der Waals surface area contributed by atoms with E-state index in [9.17, 15) is 0 Å². The van der Waals surface area contributed by atoms with Crippen molar-refractivity contribution in [2.45, 2.75) is 0 Å². The molecule has 35 heavy (non-hydrogen) atoms. The van der Waals surface area contributed by atoms with Crippen LogP contribution >= 0.6 is 34.8 Å². The van der Waals surface area contributed by atoms with Gasteiger partial charge in [0, 0.05) is 33.0 Å². The van der Waals surface area contributed by atoms with E-state index >= 15 is 0 Å². The van der Waals surface area contributed by atoms with Crippen LogP contribution in [0.3, 0.4) is 0 Å². The van der Waals surface area contributed by atoms with Gasteiger partial charge in [0.2, 0.25) is 11.2 Å². The molecule has 0 aliphatic heterocycles. The van der Waals surface area contributed by atoms with E-state index in [2.05, 4.69) is 35.4 Å². The number of nitrogens with zero attached hydrogens (tertiary/aromatic N) is 6. The summed E-state index contributed by atoms with van der Waals surface area (Å²) in [5.41, 5.74) is 2.55. The Morgan fingerprint density at radius 3 is 2.26 bits per heavy atom. The fourth-order valence-corrected chi connectivity index (χ4v) is 3.38. The van der Waals surface area contributed by atoms with Crippen LogP contribution in [0.4, 0.5) is 28.7 Å². The molecular formula is C22H24Cl3N7O3. The van der Waals surface area contributed by atoms with Crippen molar-refractivity contribution >= 4 is 63.5 Å². The molecule has 0 aliphatic rings. The molecule has 186 valence electrons. The van der Waals surface area contributed by atoms with Gasteiger partial charge in [0.1, 0.15) is 5.69 Å². The highest BCUT2D eigenvalue weighted by Crippen LogP contribution is 2.34. The Morgan fingerprint density at radius 1 is 0.857 bits per heavy atom. The minimum Gasteiger partial charge on any atom is -0.467 e. The SMILES string of the molecule is COCCN(CCOC)c1ccc(/N=N/c2ccc(Cl)c(Cl)c2)c(Nc2nc(Cl)nc(OC)n2)c1. The Hall–Kier alpha value is -2.76. The van der Waals surface area contributed by atoms with Gasteiger partial charge in [-0.25, -0.2) is 0 Å². The second-order valence-electron chi connectivity index (χ2n) is 7.01. The third-order valence-corrected chi connectivity index (χ3v) is 5.58. The fraction of sp³-hybridized carbons (Fsp3) is 0.318. The van der Waals surface area contributed by atoms with Crippen molar-refractivity contribution in [1.82, 2.24) is 15.0 Å².